The van der Waals surface area contributed by atoms with Gasteiger partial charge in [-0.3, -0.25) is 4.79 Å². The molecule has 2 aromatic rings. The van der Waals surface area contributed by atoms with Crippen LogP contribution in [0.5, 0.6) is 0 Å². The second kappa shape index (κ2) is 11.4. The monoisotopic (exact) mass is 407 g/mol. The molecule has 0 saturated heterocycles. The van der Waals surface area contributed by atoms with Gasteiger partial charge in [0, 0.05) is 18.2 Å². The third-order valence-electron chi connectivity index (χ3n) is 3.62. The van der Waals surface area contributed by atoms with Crippen LogP contribution < -0.4 is 11.1 Å². The predicted molar refractivity (Wildman–Crippen MR) is 107 cm³/mol. The summed E-state index contributed by atoms with van der Waals surface area (Å²) in [4.78, 5) is 17.5. The average Bonchev–Trinajstić information content (AvgIpc) is 2.94. The molecule has 1 amide bonds. The topological polar surface area (TPSA) is 68.0 Å². The largest absolute Gasteiger partial charge is 0.347 e. The summed E-state index contributed by atoms with van der Waals surface area (Å²) in [6.45, 7) is 4.34. The number of aryl methyl sites for hydroxylation is 1. The first-order valence-corrected chi connectivity index (χ1v) is 8.61. The summed E-state index contributed by atoms with van der Waals surface area (Å²) < 4.78 is 13.0. The Labute approximate surface area is 164 Å². The number of benzene rings is 1. The molecular weight excluding hydrogens is 384 g/mol. The first-order valence-electron chi connectivity index (χ1n) is 7.79. The Morgan fingerprint density at radius 1 is 1.32 bits per heavy atom. The number of aromatic nitrogens is 1. The third kappa shape index (κ3) is 6.55. The van der Waals surface area contributed by atoms with Crippen LogP contribution in [0.4, 0.5) is 4.39 Å². The minimum atomic E-state index is -0.290. The quantitative estimate of drug-likeness (QED) is 0.716. The summed E-state index contributed by atoms with van der Waals surface area (Å²) in [6.07, 6.45) is 2.98. The van der Waals surface area contributed by atoms with Crippen LogP contribution in [0, 0.1) is 12.7 Å². The fourth-order valence-electron chi connectivity index (χ4n) is 2.27. The average molecular weight is 408 g/mol. The Morgan fingerprint density at radius 3 is 2.52 bits per heavy atom. The highest BCUT2D eigenvalue weighted by molar-refractivity contribution is 7.17. The van der Waals surface area contributed by atoms with Gasteiger partial charge in [-0.15, -0.1) is 36.2 Å². The van der Waals surface area contributed by atoms with Gasteiger partial charge in [0.25, 0.3) is 5.91 Å². The summed E-state index contributed by atoms with van der Waals surface area (Å²) in [6, 6.07) is 6.10. The minimum absolute atomic E-state index is 0. The molecule has 0 aliphatic rings. The molecule has 1 aromatic carbocycles. The summed E-state index contributed by atoms with van der Waals surface area (Å²) >= 11 is 1.32. The van der Waals surface area contributed by atoms with E-state index in [1.54, 1.807) is 12.1 Å². The third-order valence-corrected chi connectivity index (χ3v) is 4.83. The van der Waals surface area contributed by atoms with Crippen molar-refractivity contribution in [1.29, 1.82) is 0 Å². The van der Waals surface area contributed by atoms with Gasteiger partial charge in [-0.2, -0.15) is 0 Å². The van der Waals surface area contributed by atoms with Crippen LogP contribution in [-0.2, 0) is 0 Å². The highest BCUT2D eigenvalue weighted by Gasteiger charge is 2.18. The predicted octanol–water partition coefficient (Wildman–Crippen LogP) is 4.35. The van der Waals surface area contributed by atoms with E-state index in [1.807, 2.05) is 6.92 Å². The molecule has 4 nitrogen and oxygen atoms in total. The number of rotatable bonds is 7. The maximum Gasteiger partial charge on any atom is 0.263 e. The van der Waals surface area contributed by atoms with E-state index >= 15 is 0 Å². The van der Waals surface area contributed by atoms with Gasteiger partial charge in [0.2, 0.25) is 0 Å². The molecular formula is C17H24Cl2FN3OS. The zero-order valence-corrected chi connectivity index (χ0v) is 16.7. The number of hydrogen-bond acceptors (Lipinski definition) is 4. The fraction of sp³-hybridized carbons (Fsp3) is 0.412. The maximum absolute atomic E-state index is 13.0. The summed E-state index contributed by atoms with van der Waals surface area (Å²) in [7, 11) is 0. The number of hydrogen-bond donors (Lipinski definition) is 2. The molecule has 1 heterocycles. The van der Waals surface area contributed by atoms with E-state index in [0.717, 1.165) is 24.8 Å². The Kier molecular flexibility index (Phi) is 10.9. The number of nitrogens with one attached hydrogen (secondary N) is 1. The molecule has 0 spiro atoms. The molecule has 1 aromatic heterocycles. The lowest BCUT2D eigenvalue weighted by Crippen LogP contribution is -2.40. The molecule has 140 valence electrons. The van der Waals surface area contributed by atoms with Gasteiger partial charge in [-0.05, 0) is 37.6 Å². The van der Waals surface area contributed by atoms with Crippen molar-refractivity contribution in [3.8, 4) is 10.6 Å². The van der Waals surface area contributed by atoms with Crippen molar-refractivity contribution in [2.45, 2.75) is 39.2 Å². The molecule has 1 atom stereocenters. The molecule has 25 heavy (non-hydrogen) atoms. The van der Waals surface area contributed by atoms with Gasteiger partial charge in [0.05, 0.1) is 5.69 Å². The highest BCUT2D eigenvalue weighted by atomic mass is 35.5. The number of halogens is 3. The lowest BCUT2D eigenvalue weighted by Gasteiger charge is -2.15. The number of nitrogens with zero attached hydrogens (tertiary/aromatic N) is 1. The molecule has 2 rings (SSSR count). The molecule has 0 radical (unpaired) electrons. The first kappa shape index (κ1) is 23.8. The molecule has 0 aliphatic carbocycles. The molecule has 8 heteroatoms. The fourth-order valence-corrected chi connectivity index (χ4v) is 3.25. The van der Waals surface area contributed by atoms with E-state index in [9.17, 15) is 9.18 Å². The van der Waals surface area contributed by atoms with Crippen LogP contribution in [-0.4, -0.2) is 23.5 Å². The van der Waals surface area contributed by atoms with Crippen LogP contribution in [0.1, 0.15) is 41.6 Å². The Bertz CT molecular complexity index is 664. The summed E-state index contributed by atoms with van der Waals surface area (Å²) in [5.41, 5.74) is 7.21. The van der Waals surface area contributed by atoms with Crippen molar-refractivity contribution in [1.82, 2.24) is 10.3 Å². The lowest BCUT2D eigenvalue weighted by molar-refractivity contribution is 0.0939. The Morgan fingerprint density at radius 2 is 1.96 bits per heavy atom. The lowest BCUT2D eigenvalue weighted by atomic mass is 10.1. The van der Waals surface area contributed by atoms with Crippen molar-refractivity contribution in [2.24, 2.45) is 5.73 Å². The van der Waals surface area contributed by atoms with Crippen LogP contribution in [0.25, 0.3) is 10.6 Å². The number of carbonyl (C=O) groups excluding carboxylic acids is 1. The first-order chi connectivity index (χ1) is 11.0. The molecule has 3 N–H and O–H groups in total. The standard InChI is InChI=1S/C17H22FN3OS.2ClH/c1-3-4-5-14(10-19)21-16(22)15-11(2)20-17(23-15)12-6-8-13(18)9-7-12;;/h6-9,14H,3-5,10,19H2,1-2H3,(H,21,22);2*1H. The SMILES string of the molecule is CCCCC(CN)NC(=O)c1sc(-c2ccc(F)cc2)nc1C.Cl.Cl. The molecule has 0 bridgehead atoms. The molecule has 0 aliphatic heterocycles. The van der Waals surface area contributed by atoms with Gasteiger partial charge >= 0.3 is 0 Å². The number of amides is 1. The van der Waals surface area contributed by atoms with E-state index in [4.69, 9.17) is 5.73 Å². The minimum Gasteiger partial charge on any atom is -0.347 e. The van der Waals surface area contributed by atoms with Gasteiger partial charge in [0.1, 0.15) is 15.7 Å². The number of carbonyl (C=O) groups is 1. The van der Waals surface area contributed by atoms with Gasteiger partial charge in [0.15, 0.2) is 0 Å². The van der Waals surface area contributed by atoms with Crippen LogP contribution in [0.3, 0.4) is 0 Å². The normalized spacial score (nSPS) is 11.2. The second-order valence-corrected chi connectivity index (χ2v) is 6.49. The zero-order chi connectivity index (χ0) is 16.8. The molecule has 1 unspecified atom stereocenters. The van der Waals surface area contributed by atoms with Gasteiger partial charge in [-0.25, -0.2) is 9.37 Å². The van der Waals surface area contributed by atoms with Gasteiger partial charge in [-0.1, -0.05) is 19.8 Å². The van der Waals surface area contributed by atoms with Crippen molar-refractivity contribution in [2.75, 3.05) is 6.54 Å². The smallest absolute Gasteiger partial charge is 0.263 e. The van der Waals surface area contributed by atoms with Crippen molar-refractivity contribution in [3.05, 3.63) is 40.7 Å². The zero-order valence-electron chi connectivity index (χ0n) is 14.3. The Balaban J connectivity index is 0.00000288. The van der Waals surface area contributed by atoms with E-state index in [2.05, 4.69) is 17.2 Å². The van der Waals surface area contributed by atoms with Gasteiger partial charge < -0.3 is 11.1 Å². The van der Waals surface area contributed by atoms with E-state index in [1.165, 1.54) is 23.5 Å². The molecule has 0 fully saturated rings. The number of unbranched alkanes of at least 4 members (excludes halogenated alkanes) is 1. The maximum atomic E-state index is 13.0. The summed E-state index contributed by atoms with van der Waals surface area (Å²) in [5.74, 6) is -0.429. The van der Waals surface area contributed by atoms with Crippen molar-refractivity contribution >= 4 is 42.1 Å². The number of thiazole rings is 1. The van der Waals surface area contributed by atoms with Crippen LogP contribution in [0.2, 0.25) is 0 Å². The van der Waals surface area contributed by atoms with Crippen LogP contribution in [0.15, 0.2) is 24.3 Å². The Hall–Kier alpha value is -1.21. The summed E-state index contributed by atoms with van der Waals surface area (Å²) in [5, 5.41) is 3.69. The van der Waals surface area contributed by atoms with E-state index < -0.39 is 0 Å². The van der Waals surface area contributed by atoms with Crippen molar-refractivity contribution in [3.63, 3.8) is 0 Å². The van der Waals surface area contributed by atoms with Crippen molar-refractivity contribution < 1.29 is 9.18 Å². The number of nitrogens with two attached hydrogens (primary N) is 1. The second-order valence-electron chi connectivity index (χ2n) is 5.49. The van der Waals surface area contributed by atoms with E-state index in [0.29, 0.717) is 22.1 Å². The van der Waals surface area contributed by atoms with Crippen LogP contribution >= 0.6 is 36.2 Å². The molecule has 0 saturated carbocycles. The van der Waals surface area contributed by atoms with E-state index in [-0.39, 0.29) is 42.6 Å². The highest BCUT2D eigenvalue weighted by Crippen LogP contribution is 2.28.